The standard InChI is InChI=1S/C10H7ClFN/c1-7-6-8(12)2-3-9(7)10(11)4-5-13/h2-4,6H,1H3/b10-4-. The first-order valence-corrected chi connectivity index (χ1v) is 4.04. The Balaban J connectivity index is 3.18. The number of allylic oxidation sites excluding steroid dienone is 1. The molecule has 0 N–H and O–H groups in total. The van der Waals surface area contributed by atoms with Gasteiger partial charge in [0.05, 0.1) is 11.1 Å². The normalized spacial score (nSPS) is 11.1. The van der Waals surface area contributed by atoms with Crippen LogP contribution in [-0.2, 0) is 0 Å². The Morgan fingerprint density at radius 3 is 2.85 bits per heavy atom. The van der Waals surface area contributed by atoms with Gasteiger partial charge in [0.2, 0.25) is 0 Å². The fourth-order valence-corrected chi connectivity index (χ4v) is 1.29. The Labute approximate surface area is 81.1 Å². The number of hydrogen-bond acceptors (Lipinski definition) is 1. The van der Waals surface area contributed by atoms with Gasteiger partial charge in [-0.15, -0.1) is 0 Å². The predicted molar refractivity (Wildman–Crippen MR) is 50.6 cm³/mol. The minimum atomic E-state index is -0.303. The Morgan fingerprint density at radius 2 is 2.31 bits per heavy atom. The second kappa shape index (κ2) is 4.06. The maximum atomic E-state index is 12.7. The molecule has 0 aliphatic carbocycles. The van der Waals surface area contributed by atoms with Crippen LogP contribution in [0.25, 0.3) is 5.03 Å². The van der Waals surface area contributed by atoms with Gasteiger partial charge >= 0.3 is 0 Å². The van der Waals surface area contributed by atoms with Crippen molar-refractivity contribution in [3.8, 4) is 6.07 Å². The fraction of sp³-hybridized carbons (Fsp3) is 0.100. The van der Waals surface area contributed by atoms with E-state index in [1.165, 1.54) is 18.2 Å². The van der Waals surface area contributed by atoms with Crippen LogP contribution in [0.2, 0.25) is 0 Å². The highest BCUT2D eigenvalue weighted by Crippen LogP contribution is 2.22. The molecule has 0 heterocycles. The third kappa shape index (κ3) is 2.30. The third-order valence-electron chi connectivity index (χ3n) is 1.64. The average molecular weight is 196 g/mol. The summed E-state index contributed by atoms with van der Waals surface area (Å²) in [6, 6.07) is 6.07. The quantitative estimate of drug-likeness (QED) is 0.631. The highest BCUT2D eigenvalue weighted by molar-refractivity contribution is 6.49. The van der Waals surface area contributed by atoms with Crippen LogP contribution in [0.4, 0.5) is 4.39 Å². The van der Waals surface area contributed by atoms with Gasteiger partial charge in [-0.2, -0.15) is 5.26 Å². The van der Waals surface area contributed by atoms with Gasteiger partial charge in [-0.05, 0) is 30.2 Å². The third-order valence-corrected chi connectivity index (χ3v) is 1.95. The van der Waals surface area contributed by atoms with Gasteiger partial charge in [0.1, 0.15) is 5.82 Å². The van der Waals surface area contributed by atoms with Crippen molar-refractivity contribution in [2.24, 2.45) is 0 Å². The molecule has 1 aromatic rings. The molecule has 13 heavy (non-hydrogen) atoms. The molecule has 0 amide bonds. The second-order valence-electron chi connectivity index (χ2n) is 2.58. The first-order chi connectivity index (χ1) is 6.15. The van der Waals surface area contributed by atoms with Crippen molar-refractivity contribution in [2.75, 3.05) is 0 Å². The Kier molecular flexibility index (Phi) is 3.05. The monoisotopic (exact) mass is 195 g/mol. The van der Waals surface area contributed by atoms with Crippen LogP contribution in [-0.4, -0.2) is 0 Å². The zero-order chi connectivity index (χ0) is 9.84. The number of hydrogen-bond donors (Lipinski definition) is 0. The number of nitriles is 1. The average Bonchev–Trinajstić information content (AvgIpc) is 2.04. The van der Waals surface area contributed by atoms with Crippen molar-refractivity contribution in [1.29, 1.82) is 5.26 Å². The molecule has 0 atom stereocenters. The number of aryl methyl sites for hydroxylation is 1. The highest BCUT2D eigenvalue weighted by Gasteiger charge is 2.02. The van der Waals surface area contributed by atoms with E-state index >= 15 is 0 Å². The molecule has 0 saturated heterocycles. The van der Waals surface area contributed by atoms with E-state index in [0.29, 0.717) is 10.6 Å². The predicted octanol–water partition coefficient (Wildman–Crippen LogP) is 3.24. The number of halogens is 2. The molecular formula is C10H7ClFN. The van der Waals surface area contributed by atoms with E-state index in [1.54, 1.807) is 13.0 Å². The summed E-state index contributed by atoms with van der Waals surface area (Å²) in [6.45, 7) is 1.74. The van der Waals surface area contributed by atoms with Crippen molar-refractivity contribution >= 4 is 16.6 Å². The van der Waals surface area contributed by atoms with Crippen LogP contribution in [0.15, 0.2) is 24.3 Å². The van der Waals surface area contributed by atoms with Crippen LogP contribution in [0, 0.1) is 24.1 Å². The zero-order valence-corrected chi connectivity index (χ0v) is 7.77. The fourth-order valence-electron chi connectivity index (χ4n) is 1.03. The summed E-state index contributed by atoms with van der Waals surface area (Å²) in [5.74, 6) is -0.303. The van der Waals surface area contributed by atoms with Gasteiger partial charge in [-0.25, -0.2) is 4.39 Å². The number of rotatable bonds is 1. The lowest BCUT2D eigenvalue weighted by Gasteiger charge is -2.02. The summed E-state index contributed by atoms with van der Waals surface area (Å²) in [5.41, 5.74) is 1.40. The summed E-state index contributed by atoms with van der Waals surface area (Å²) in [6.07, 6.45) is 1.22. The van der Waals surface area contributed by atoms with E-state index in [0.717, 1.165) is 5.56 Å². The molecule has 0 bridgehead atoms. The first-order valence-electron chi connectivity index (χ1n) is 3.67. The van der Waals surface area contributed by atoms with E-state index in [2.05, 4.69) is 0 Å². The summed E-state index contributed by atoms with van der Waals surface area (Å²) >= 11 is 5.78. The lowest BCUT2D eigenvalue weighted by molar-refractivity contribution is 0.626. The van der Waals surface area contributed by atoms with Crippen LogP contribution in [0.3, 0.4) is 0 Å². The van der Waals surface area contributed by atoms with Crippen molar-refractivity contribution < 1.29 is 4.39 Å². The molecule has 0 unspecified atom stereocenters. The minimum Gasteiger partial charge on any atom is -0.207 e. The number of benzene rings is 1. The Morgan fingerprint density at radius 1 is 1.62 bits per heavy atom. The summed E-state index contributed by atoms with van der Waals surface area (Å²) in [4.78, 5) is 0. The SMILES string of the molecule is Cc1cc(F)ccc1/C(Cl)=C/C#N. The molecule has 1 rings (SSSR count). The molecule has 0 saturated carbocycles. The van der Waals surface area contributed by atoms with Gasteiger partial charge in [0, 0.05) is 6.08 Å². The molecule has 3 heteroatoms. The largest absolute Gasteiger partial charge is 0.207 e. The lowest BCUT2D eigenvalue weighted by Crippen LogP contribution is -1.85. The highest BCUT2D eigenvalue weighted by atomic mass is 35.5. The molecule has 0 aliphatic rings. The molecule has 0 spiro atoms. The molecule has 0 aliphatic heterocycles. The summed E-state index contributed by atoms with van der Waals surface area (Å²) in [7, 11) is 0. The van der Waals surface area contributed by atoms with Gasteiger partial charge in [-0.3, -0.25) is 0 Å². The molecule has 1 nitrogen and oxygen atoms in total. The van der Waals surface area contributed by atoms with Crippen molar-refractivity contribution in [1.82, 2.24) is 0 Å². The van der Waals surface area contributed by atoms with Crippen molar-refractivity contribution in [3.63, 3.8) is 0 Å². The van der Waals surface area contributed by atoms with Crippen LogP contribution < -0.4 is 0 Å². The molecule has 1 aromatic carbocycles. The molecular weight excluding hydrogens is 189 g/mol. The smallest absolute Gasteiger partial charge is 0.123 e. The second-order valence-corrected chi connectivity index (χ2v) is 2.99. The van der Waals surface area contributed by atoms with Gasteiger partial charge < -0.3 is 0 Å². The van der Waals surface area contributed by atoms with E-state index < -0.39 is 0 Å². The number of nitrogens with zero attached hydrogens (tertiary/aromatic N) is 1. The molecule has 0 radical (unpaired) electrons. The van der Waals surface area contributed by atoms with E-state index in [4.69, 9.17) is 16.9 Å². The van der Waals surface area contributed by atoms with Crippen LogP contribution in [0.1, 0.15) is 11.1 Å². The molecule has 66 valence electrons. The van der Waals surface area contributed by atoms with Crippen LogP contribution >= 0.6 is 11.6 Å². The van der Waals surface area contributed by atoms with Crippen molar-refractivity contribution in [2.45, 2.75) is 6.92 Å². The van der Waals surface area contributed by atoms with Gasteiger partial charge in [0.15, 0.2) is 0 Å². The maximum absolute atomic E-state index is 12.7. The lowest BCUT2D eigenvalue weighted by atomic mass is 10.1. The molecule has 0 fully saturated rings. The maximum Gasteiger partial charge on any atom is 0.123 e. The summed E-state index contributed by atoms with van der Waals surface area (Å²) < 4.78 is 12.7. The minimum absolute atomic E-state index is 0.303. The molecule has 0 aromatic heterocycles. The van der Waals surface area contributed by atoms with E-state index in [1.807, 2.05) is 6.07 Å². The Hall–Kier alpha value is -1.33. The first kappa shape index (κ1) is 9.76. The van der Waals surface area contributed by atoms with E-state index in [-0.39, 0.29) is 5.82 Å². The van der Waals surface area contributed by atoms with Gasteiger partial charge in [-0.1, -0.05) is 17.7 Å². The van der Waals surface area contributed by atoms with Crippen LogP contribution in [0.5, 0.6) is 0 Å². The summed E-state index contributed by atoms with van der Waals surface area (Å²) in [5, 5.41) is 8.69. The topological polar surface area (TPSA) is 23.8 Å². The Bertz CT molecular complexity index is 390. The van der Waals surface area contributed by atoms with Gasteiger partial charge in [0.25, 0.3) is 0 Å². The zero-order valence-electron chi connectivity index (χ0n) is 7.01. The van der Waals surface area contributed by atoms with E-state index in [9.17, 15) is 4.39 Å². The van der Waals surface area contributed by atoms with Crippen molar-refractivity contribution in [3.05, 3.63) is 41.2 Å².